The highest BCUT2D eigenvalue weighted by Crippen LogP contribution is 2.15. The third-order valence-corrected chi connectivity index (χ3v) is 3.53. The van der Waals surface area contributed by atoms with E-state index in [9.17, 15) is 9.59 Å². The quantitative estimate of drug-likeness (QED) is 0.753. The summed E-state index contributed by atoms with van der Waals surface area (Å²) in [5.41, 5.74) is 0. The summed E-state index contributed by atoms with van der Waals surface area (Å²) >= 11 is 0. The number of carboxylic acids is 1. The second-order valence-electron chi connectivity index (χ2n) is 4.81. The van der Waals surface area contributed by atoms with Gasteiger partial charge in [-0.1, -0.05) is 0 Å². The molecule has 2 saturated heterocycles. The third kappa shape index (κ3) is 3.43. The SMILES string of the molecule is O=C(O)CCN1CCN(C(=O)C2CCCO2)CC1. The number of hydrogen-bond donors (Lipinski definition) is 1. The average molecular weight is 256 g/mol. The Bertz CT molecular complexity index is 307. The molecule has 0 spiro atoms. The Morgan fingerprint density at radius 1 is 1.22 bits per heavy atom. The van der Waals surface area contributed by atoms with Crippen LogP contribution in [0.25, 0.3) is 0 Å². The monoisotopic (exact) mass is 256 g/mol. The highest BCUT2D eigenvalue weighted by molar-refractivity contribution is 5.81. The van der Waals surface area contributed by atoms with E-state index in [1.165, 1.54) is 0 Å². The van der Waals surface area contributed by atoms with Gasteiger partial charge in [0.15, 0.2) is 0 Å². The minimum Gasteiger partial charge on any atom is -0.481 e. The number of ether oxygens (including phenoxy) is 1. The van der Waals surface area contributed by atoms with Gasteiger partial charge < -0.3 is 14.7 Å². The fraction of sp³-hybridized carbons (Fsp3) is 0.833. The molecule has 1 amide bonds. The first-order chi connectivity index (χ1) is 8.66. The number of piperazine rings is 1. The number of amides is 1. The molecule has 0 aliphatic carbocycles. The molecule has 6 nitrogen and oxygen atoms in total. The second kappa shape index (κ2) is 6.15. The summed E-state index contributed by atoms with van der Waals surface area (Å²) < 4.78 is 5.39. The maximum absolute atomic E-state index is 12.1. The predicted octanol–water partition coefficient (Wildman–Crippen LogP) is -0.216. The summed E-state index contributed by atoms with van der Waals surface area (Å²) in [5, 5.41) is 8.62. The van der Waals surface area contributed by atoms with Crippen molar-refractivity contribution in [3.05, 3.63) is 0 Å². The van der Waals surface area contributed by atoms with Gasteiger partial charge in [0.2, 0.25) is 0 Å². The van der Waals surface area contributed by atoms with Gasteiger partial charge in [0, 0.05) is 39.3 Å². The van der Waals surface area contributed by atoms with Gasteiger partial charge in [0.1, 0.15) is 6.10 Å². The lowest BCUT2D eigenvalue weighted by molar-refractivity contribution is -0.143. The van der Waals surface area contributed by atoms with Crippen LogP contribution in [0.4, 0.5) is 0 Å². The number of aliphatic carboxylic acids is 1. The van der Waals surface area contributed by atoms with Crippen LogP contribution in [0.2, 0.25) is 0 Å². The van der Waals surface area contributed by atoms with Crippen molar-refractivity contribution < 1.29 is 19.4 Å². The molecule has 0 saturated carbocycles. The van der Waals surface area contributed by atoms with E-state index in [2.05, 4.69) is 4.90 Å². The fourth-order valence-corrected chi connectivity index (χ4v) is 2.42. The maximum atomic E-state index is 12.1. The zero-order chi connectivity index (χ0) is 13.0. The van der Waals surface area contributed by atoms with E-state index in [0.717, 1.165) is 25.9 Å². The Morgan fingerprint density at radius 3 is 2.50 bits per heavy atom. The van der Waals surface area contributed by atoms with Crippen molar-refractivity contribution in [2.24, 2.45) is 0 Å². The van der Waals surface area contributed by atoms with E-state index in [-0.39, 0.29) is 18.4 Å². The number of nitrogens with zero attached hydrogens (tertiary/aromatic N) is 2. The summed E-state index contributed by atoms with van der Waals surface area (Å²) in [5.74, 6) is -0.668. The molecule has 0 aromatic rings. The molecule has 2 rings (SSSR count). The van der Waals surface area contributed by atoms with Gasteiger partial charge in [0.05, 0.1) is 6.42 Å². The molecule has 1 N–H and O–H groups in total. The van der Waals surface area contributed by atoms with Crippen LogP contribution in [-0.2, 0) is 14.3 Å². The van der Waals surface area contributed by atoms with Crippen molar-refractivity contribution in [2.75, 3.05) is 39.3 Å². The van der Waals surface area contributed by atoms with Gasteiger partial charge in [-0.3, -0.25) is 14.5 Å². The van der Waals surface area contributed by atoms with Crippen molar-refractivity contribution >= 4 is 11.9 Å². The van der Waals surface area contributed by atoms with E-state index in [1.54, 1.807) is 0 Å². The Balaban J connectivity index is 1.72. The first-order valence-corrected chi connectivity index (χ1v) is 6.51. The van der Waals surface area contributed by atoms with Crippen LogP contribution >= 0.6 is 0 Å². The van der Waals surface area contributed by atoms with Crippen LogP contribution in [0, 0.1) is 0 Å². The zero-order valence-electron chi connectivity index (χ0n) is 10.5. The van der Waals surface area contributed by atoms with Crippen LogP contribution in [-0.4, -0.2) is 72.2 Å². The standard InChI is InChI=1S/C12H20N2O4/c15-11(16)3-4-13-5-7-14(8-6-13)12(17)10-2-1-9-18-10/h10H,1-9H2,(H,15,16). The molecule has 0 radical (unpaired) electrons. The van der Waals surface area contributed by atoms with Gasteiger partial charge in [-0.2, -0.15) is 0 Å². The van der Waals surface area contributed by atoms with Gasteiger partial charge in [-0.25, -0.2) is 0 Å². The number of hydrogen-bond acceptors (Lipinski definition) is 4. The van der Waals surface area contributed by atoms with Crippen LogP contribution < -0.4 is 0 Å². The van der Waals surface area contributed by atoms with Gasteiger partial charge >= 0.3 is 5.97 Å². The van der Waals surface area contributed by atoms with E-state index in [4.69, 9.17) is 9.84 Å². The maximum Gasteiger partial charge on any atom is 0.304 e. The van der Waals surface area contributed by atoms with Crippen LogP contribution in [0.15, 0.2) is 0 Å². The summed E-state index contributed by atoms with van der Waals surface area (Å²) in [6, 6.07) is 0. The fourth-order valence-electron chi connectivity index (χ4n) is 2.42. The smallest absolute Gasteiger partial charge is 0.304 e. The van der Waals surface area contributed by atoms with E-state index < -0.39 is 5.97 Å². The molecule has 0 aromatic heterocycles. The molecular formula is C12H20N2O4. The lowest BCUT2D eigenvalue weighted by Crippen LogP contribution is -2.51. The van der Waals surface area contributed by atoms with Gasteiger partial charge in [0.25, 0.3) is 5.91 Å². The molecule has 0 bridgehead atoms. The molecule has 2 aliphatic rings. The normalized spacial score (nSPS) is 25.3. The average Bonchev–Trinajstić information content (AvgIpc) is 2.90. The van der Waals surface area contributed by atoms with Crippen molar-refractivity contribution in [2.45, 2.75) is 25.4 Å². The molecule has 0 aromatic carbocycles. The molecular weight excluding hydrogens is 236 g/mol. The molecule has 6 heteroatoms. The number of carbonyl (C=O) groups is 2. The topological polar surface area (TPSA) is 70.1 Å². The Hall–Kier alpha value is -1.14. The minimum atomic E-state index is -0.770. The van der Waals surface area contributed by atoms with Crippen molar-refractivity contribution in [1.82, 2.24) is 9.80 Å². The first kappa shape index (κ1) is 13.3. The van der Waals surface area contributed by atoms with E-state index in [0.29, 0.717) is 26.2 Å². The lowest BCUT2D eigenvalue weighted by atomic mass is 10.2. The summed E-state index contributed by atoms with van der Waals surface area (Å²) in [7, 11) is 0. The van der Waals surface area contributed by atoms with Crippen molar-refractivity contribution in [3.63, 3.8) is 0 Å². The van der Waals surface area contributed by atoms with Crippen LogP contribution in [0.3, 0.4) is 0 Å². The van der Waals surface area contributed by atoms with Crippen molar-refractivity contribution in [1.29, 1.82) is 0 Å². The largest absolute Gasteiger partial charge is 0.481 e. The molecule has 2 heterocycles. The zero-order valence-corrected chi connectivity index (χ0v) is 10.5. The van der Waals surface area contributed by atoms with Gasteiger partial charge in [-0.05, 0) is 12.8 Å². The third-order valence-electron chi connectivity index (χ3n) is 3.53. The number of carboxylic acid groups (broad SMARTS) is 1. The molecule has 1 unspecified atom stereocenters. The first-order valence-electron chi connectivity index (χ1n) is 6.51. The van der Waals surface area contributed by atoms with Crippen molar-refractivity contribution in [3.8, 4) is 0 Å². The highest BCUT2D eigenvalue weighted by atomic mass is 16.5. The Kier molecular flexibility index (Phi) is 4.54. The molecule has 18 heavy (non-hydrogen) atoms. The lowest BCUT2D eigenvalue weighted by Gasteiger charge is -2.35. The van der Waals surface area contributed by atoms with E-state index in [1.807, 2.05) is 4.90 Å². The molecule has 2 fully saturated rings. The van der Waals surface area contributed by atoms with E-state index >= 15 is 0 Å². The second-order valence-corrected chi connectivity index (χ2v) is 4.81. The highest BCUT2D eigenvalue weighted by Gasteiger charge is 2.30. The number of carbonyl (C=O) groups excluding carboxylic acids is 1. The summed E-state index contributed by atoms with van der Waals surface area (Å²) in [6.07, 6.45) is 1.72. The molecule has 1 atom stereocenters. The number of rotatable bonds is 4. The Labute approximate surface area is 106 Å². The minimum absolute atomic E-state index is 0.102. The van der Waals surface area contributed by atoms with Gasteiger partial charge in [-0.15, -0.1) is 0 Å². The van der Waals surface area contributed by atoms with Crippen LogP contribution in [0.1, 0.15) is 19.3 Å². The molecule has 102 valence electrons. The summed E-state index contributed by atoms with van der Waals surface area (Å²) in [4.78, 5) is 26.5. The van der Waals surface area contributed by atoms with Crippen LogP contribution in [0.5, 0.6) is 0 Å². The summed E-state index contributed by atoms with van der Waals surface area (Å²) in [6.45, 7) is 4.13. The predicted molar refractivity (Wildman–Crippen MR) is 64.2 cm³/mol. The Morgan fingerprint density at radius 2 is 1.94 bits per heavy atom. The molecule has 2 aliphatic heterocycles.